The van der Waals surface area contributed by atoms with Gasteiger partial charge in [0.1, 0.15) is 17.9 Å². The minimum absolute atomic E-state index is 0.0260. The fraction of sp³-hybridized carbons (Fsp3) is 0.222. The highest BCUT2D eigenvalue weighted by molar-refractivity contribution is 7.13. The van der Waals surface area contributed by atoms with E-state index in [4.69, 9.17) is 4.42 Å². The van der Waals surface area contributed by atoms with Crippen molar-refractivity contribution in [3.63, 3.8) is 0 Å². The van der Waals surface area contributed by atoms with Crippen LogP contribution in [0.15, 0.2) is 51.4 Å². The Hall–Kier alpha value is -2.74. The molecular formula is C18H18F2N4OS. The Kier molecular flexibility index (Phi) is 5.96. The first kappa shape index (κ1) is 18.1. The minimum Gasteiger partial charge on any atom is -0.443 e. The summed E-state index contributed by atoms with van der Waals surface area (Å²) in [6, 6.07) is 7.20. The fourth-order valence-corrected chi connectivity index (χ4v) is 2.90. The highest BCUT2D eigenvalue weighted by atomic mass is 32.1. The maximum atomic E-state index is 13.7. The van der Waals surface area contributed by atoms with Crippen LogP contribution in [-0.2, 0) is 13.1 Å². The summed E-state index contributed by atoms with van der Waals surface area (Å²) in [5.74, 6) is 0.0822. The van der Waals surface area contributed by atoms with Gasteiger partial charge in [0.05, 0.1) is 23.7 Å². The molecule has 0 spiro atoms. The molecule has 0 aliphatic heterocycles. The number of hydrogen-bond donors (Lipinski definition) is 2. The molecule has 136 valence electrons. The topological polar surface area (TPSA) is 62.5 Å². The number of nitrogens with one attached hydrogen (secondary N) is 2. The van der Waals surface area contributed by atoms with E-state index in [0.29, 0.717) is 24.9 Å². The number of nitrogens with zero attached hydrogens (tertiary/aromatic N) is 2. The number of guanidine groups is 1. The third-order valence-corrected chi connectivity index (χ3v) is 4.34. The first-order valence-corrected chi connectivity index (χ1v) is 8.98. The molecule has 2 heterocycles. The number of aliphatic imine (C=N–C) groups is 1. The zero-order chi connectivity index (χ0) is 18.4. The lowest BCUT2D eigenvalue weighted by Gasteiger charge is -2.10. The van der Waals surface area contributed by atoms with Gasteiger partial charge < -0.3 is 15.1 Å². The molecule has 0 amide bonds. The lowest BCUT2D eigenvalue weighted by molar-refractivity contribution is 0.573. The summed E-state index contributed by atoms with van der Waals surface area (Å²) in [6.45, 7) is 2.98. The van der Waals surface area contributed by atoms with E-state index >= 15 is 0 Å². The van der Waals surface area contributed by atoms with Crippen molar-refractivity contribution < 1.29 is 13.2 Å². The third-order valence-electron chi connectivity index (χ3n) is 3.48. The molecule has 8 heteroatoms. The van der Waals surface area contributed by atoms with E-state index in [1.807, 2.05) is 24.4 Å². The summed E-state index contributed by atoms with van der Waals surface area (Å²) in [6.07, 6.45) is 1.58. The van der Waals surface area contributed by atoms with Gasteiger partial charge in [0, 0.05) is 12.1 Å². The predicted molar refractivity (Wildman–Crippen MR) is 97.8 cm³/mol. The standard InChI is InChI=1S/C18H18F2N4OS/c1-2-21-18(22-9-12-8-13(19)5-6-15(12)20)23-10-14-11-25-17(24-14)16-4-3-7-26-16/h3-8,11H,2,9-10H2,1H3,(H2,21,22,23). The van der Waals surface area contributed by atoms with Gasteiger partial charge in [-0.25, -0.2) is 18.8 Å². The summed E-state index contributed by atoms with van der Waals surface area (Å²) in [5, 5.41) is 8.12. The van der Waals surface area contributed by atoms with Crippen LogP contribution < -0.4 is 10.6 Å². The number of thiophene rings is 1. The second-order valence-electron chi connectivity index (χ2n) is 5.41. The molecule has 0 atom stereocenters. The molecule has 0 saturated heterocycles. The number of benzene rings is 1. The monoisotopic (exact) mass is 376 g/mol. The Morgan fingerprint density at radius 2 is 2.15 bits per heavy atom. The van der Waals surface area contributed by atoms with Gasteiger partial charge in [-0.1, -0.05) is 6.07 Å². The van der Waals surface area contributed by atoms with E-state index in [0.717, 1.165) is 28.8 Å². The molecule has 2 N–H and O–H groups in total. The van der Waals surface area contributed by atoms with Gasteiger partial charge in [-0.05, 0) is 36.6 Å². The Bertz CT molecular complexity index is 877. The number of aromatic nitrogens is 1. The van der Waals surface area contributed by atoms with Gasteiger partial charge in [0.2, 0.25) is 5.89 Å². The van der Waals surface area contributed by atoms with Crippen molar-refractivity contribution in [2.45, 2.75) is 20.0 Å². The maximum absolute atomic E-state index is 13.7. The van der Waals surface area contributed by atoms with Gasteiger partial charge in [-0.3, -0.25) is 0 Å². The van der Waals surface area contributed by atoms with E-state index in [1.165, 1.54) is 0 Å². The van der Waals surface area contributed by atoms with Crippen LogP contribution in [0.2, 0.25) is 0 Å². The van der Waals surface area contributed by atoms with Crippen LogP contribution in [0.4, 0.5) is 8.78 Å². The Labute approximate surface area is 153 Å². The van der Waals surface area contributed by atoms with Gasteiger partial charge in [0.25, 0.3) is 0 Å². The second-order valence-corrected chi connectivity index (χ2v) is 6.35. The van der Waals surface area contributed by atoms with Crippen LogP contribution in [0.5, 0.6) is 0 Å². The highest BCUT2D eigenvalue weighted by Gasteiger charge is 2.08. The van der Waals surface area contributed by atoms with Crippen molar-refractivity contribution in [2.24, 2.45) is 4.99 Å². The summed E-state index contributed by atoms with van der Waals surface area (Å²) in [4.78, 5) is 9.66. The molecule has 3 rings (SSSR count). The molecule has 2 aromatic heterocycles. The van der Waals surface area contributed by atoms with Crippen molar-refractivity contribution >= 4 is 17.3 Å². The fourth-order valence-electron chi connectivity index (χ4n) is 2.25. The van der Waals surface area contributed by atoms with Gasteiger partial charge in [-0.15, -0.1) is 11.3 Å². The largest absolute Gasteiger partial charge is 0.443 e. The minimum atomic E-state index is -0.488. The molecule has 3 aromatic rings. The lowest BCUT2D eigenvalue weighted by atomic mass is 10.2. The molecule has 1 aromatic carbocycles. The normalized spacial score (nSPS) is 11.6. The summed E-state index contributed by atoms with van der Waals surface area (Å²) >= 11 is 1.55. The van der Waals surface area contributed by atoms with Crippen molar-refractivity contribution in [1.82, 2.24) is 15.6 Å². The van der Waals surface area contributed by atoms with E-state index < -0.39 is 11.6 Å². The molecule has 26 heavy (non-hydrogen) atoms. The SMILES string of the molecule is CCNC(=NCc1cc(F)ccc1F)NCc1coc(-c2cccs2)n1. The third kappa shape index (κ3) is 4.66. The molecule has 0 aliphatic rings. The van der Waals surface area contributed by atoms with Crippen molar-refractivity contribution in [1.29, 1.82) is 0 Å². The van der Waals surface area contributed by atoms with Gasteiger partial charge in [-0.2, -0.15) is 0 Å². The maximum Gasteiger partial charge on any atom is 0.236 e. The van der Waals surface area contributed by atoms with Crippen LogP contribution in [0.25, 0.3) is 10.8 Å². The molecule has 0 unspecified atom stereocenters. The van der Waals surface area contributed by atoms with Gasteiger partial charge >= 0.3 is 0 Å². The molecule has 0 fully saturated rings. The average Bonchev–Trinajstić information content (AvgIpc) is 3.31. The van der Waals surface area contributed by atoms with Crippen LogP contribution >= 0.6 is 11.3 Å². The summed E-state index contributed by atoms with van der Waals surface area (Å²) in [5.41, 5.74) is 0.916. The zero-order valence-electron chi connectivity index (χ0n) is 14.1. The van der Waals surface area contributed by atoms with E-state index in [1.54, 1.807) is 17.6 Å². The summed E-state index contributed by atoms with van der Waals surface area (Å²) < 4.78 is 32.4. The van der Waals surface area contributed by atoms with Crippen LogP contribution in [-0.4, -0.2) is 17.5 Å². The average molecular weight is 376 g/mol. The first-order chi connectivity index (χ1) is 12.7. The lowest BCUT2D eigenvalue weighted by Crippen LogP contribution is -2.36. The quantitative estimate of drug-likeness (QED) is 0.505. The molecule has 0 radical (unpaired) electrons. The van der Waals surface area contributed by atoms with Gasteiger partial charge in [0.15, 0.2) is 5.96 Å². The van der Waals surface area contributed by atoms with Crippen molar-refractivity contribution in [2.75, 3.05) is 6.54 Å². The second kappa shape index (κ2) is 8.57. The predicted octanol–water partition coefficient (Wildman–Crippen LogP) is 3.94. The Morgan fingerprint density at radius 3 is 2.92 bits per heavy atom. The highest BCUT2D eigenvalue weighted by Crippen LogP contribution is 2.23. The van der Waals surface area contributed by atoms with E-state index in [2.05, 4.69) is 20.6 Å². The number of hydrogen-bond acceptors (Lipinski definition) is 4. The molecule has 0 saturated carbocycles. The van der Waals surface area contributed by atoms with Crippen LogP contribution in [0, 0.1) is 11.6 Å². The van der Waals surface area contributed by atoms with E-state index in [-0.39, 0.29) is 12.1 Å². The van der Waals surface area contributed by atoms with Crippen molar-refractivity contribution in [3.8, 4) is 10.8 Å². The van der Waals surface area contributed by atoms with Crippen molar-refractivity contribution in [3.05, 3.63) is 64.9 Å². The number of rotatable bonds is 6. The zero-order valence-corrected chi connectivity index (χ0v) is 14.9. The van der Waals surface area contributed by atoms with E-state index in [9.17, 15) is 8.78 Å². The Balaban J connectivity index is 1.64. The Morgan fingerprint density at radius 1 is 1.27 bits per heavy atom. The van der Waals surface area contributed by atoms with Crippen LogP contribution in [0.1, 0.15) is 18.2 Å². The number of oxazole rings is 1. The molecule has 0 bridgehead atoms. The molecule has 0 aliphatic carbocycles. The first-order valence-electron chi connectivity index (χ1n) is 8.10. The number of halogens is 2. The van der Waals surface area contributed by atoms with Crippen LogP contribution in [0.3, 0.4) is 0 Å². The summed E-state index contributed by atoms with van der Waals surface area (Å²) in [7, 11) is 0. The smallest absolute Gasteiger partial charge is 0.236 e. The molecule has 5 nitrogen and oxygen atoms in total. The molecular weight excluding hydrogens is 358 g/mol.